The summed E-state index contributed by atoms with van der Waals surface area (Å²) in [6, 6.07) is 11.5. The summed E-state index contributed by atoms with van der Waals surface area (Å²) in [6.45, 7) is 5.92. The fourth-order valence-electron chi connectivity index (χ4n) is 2.92. The van der Waals surface area contributed by atoms with Gasteiger partial charge in [0, 0.05) is 6.04 Å². The SMILES string of the molecule is CC1CCCC(NCCc2ccccc2)C1C. The molecule has 2 rings (SSSR count). The van der Waals surface area contributed by atoms with Gasteiger partial charge in [-0.2, -0.15) is 0 Å². The Morgan fingerprint density at radius 2 is 1.88 bits per heavy atom. The highest BCUT2D eigenvalue weighted by molar-refractivity contribution is 5.14. The van der Waals surface area contributed by atoms with E-state index in [-0.39, 0.29) is 0 Å². The summed E-state index contributed by atoms with van der Waals surface area (Å²) in [5.74, 6) is 1.72. The van der Waals surface area contributed by atoms with Crippen LogP contribution in [0.3, 0.4) is 0 Å². The van der Waals surface area contributed by atoms with Crippen molar-refractivity contribution < 1.29 is 0 Å². The molecule has 17 heavy (non-hydrogen) atoms. The molecule has 3 atom stereocenters. The first-order valence-electron chi connectivity index (χ1n) is 7.04. The average molecular weight is 231 g/mol. The maximum Gasteiger partial charge on any atom is 0.00953 e. The Kier molecular flexibility index (Phi) is 4.61. The number of benzene rings is 1. The molecule has 1 heteroatoms. The highest BCUT2D eigenvalue weighted by atomic mass is 14.9. The van der Waals surface area contributed by atoms with Gasteiger partial charge in [-0.25, -0.2) is 0 Å². The van der Waals surface area contributed by atoms with E-state index in [0.717, 1.165) is 30.8 Å². The van der Waals surface area contributed by atoms with E-state index in [2.05, 4.69) is 49.5 Å². The first-order valence-corrected chi connectivity index (χ1v) is 7.04. The summed E-state index contributed by atoms with van der Waals surface area (Å²) in [5.41, 5.74) is 1.44. The van der Waals surface area contributed by atoms with Gasteiger partial charge in [0.1, 0.15) is 0 Å². The quantitative estimate of drug-likeness (QED) is 0.834. The molecule has 1 aromatic carbocycles. The minimum atomic E-state index is 0.738. The van der Waals surface area contributed by atoms with Gasteiger partial charge in [-0.3, -0.25) is 0 Å². The smallest absolute Gasteiger partial charge is 0.00953 e. The van der Waals surface area contributed by atoms with Crippen molar-refractivity contribution in [3.8, 4) is 0 Å². The van der Waals surface area contributed by atoms with Crippen molar-refractivity contribution in [2.75, 3.05) is 6.54 Å². The largest absolute Gasteiger partial charge is 0.313 e. The van der Waals surface area contributed by atoms with E-state index < -0.39 is 0 Å². The fourth-order valence-corrected chi connectivity index (χ4v) is 2.92. The predicted octanol–water partition coefficient (Wildman–Crippen LogP) is 3.64. The molecule has 0 radical (unpaired) electrons. The van der Waals surface area contributed by atoms with Crippen LogP contribution in [0.2, 0.25) is 0 Å². The topological polar surface area (TPSA) is 12.0 Å². The van der Waals surface area contributed by atoms with Crippen LogP contribution >= 0.6 is 0 Å². The van der Waals surface area contributed by atoms with E-state index in [9.17, 15) is 0 Å². The highest BCUT2D eigenvalue weighted by Gasteiger charge is 2.26. The predicted molar refractivity (Wildman–Crippen MR) is 74.1 cm³/mol. The van der Waals surface area contributed by atoms with E-state index >= 15 is 0 Å². The molecular formula is C16H25N. The van der Waals surface area contributed by atoms with Crippen LogP contribution in [0.5, 0.6) is 0 Å². The Morgan fingerprint density at radius 1 is 1.12 bits per heavy atom. The van der Waals surface area contributed by atoms with E-state index in [0.29, 0.717) is 0 Å². The van der Waals surface area contributed by atoms with E-state index in [1.807, 2.05) is 0 Å². The summed E-state index contributed by atoms with van der Waals surface area (Å²) < 4.78 is 0. The monoisotopic (exact) mass is 231 g/mol. The molecule has 94 valence electrons. The van der Waals surface area contributed by atoms with Crippen molar-refractivity contribution in [3.63, 3.8) is 0 Å². The third-order valence-corrected chi connectivity index (χ3v) is 4.37. The lowest BCUT2D eigenvalue weighted by molar-refractivity contribution is 0.208. The van der Waals surface area contributed by atoms with Crippen LogP contribution in [0.15, 0.2) is 30.3 Å². The molecule has 1 aliphatic carbocycles. The van der Waals surface area contributed by atoms with Gasteiger partial charge in [0.15, 0.2) is 0 Å². The Labute approximate surface area is 106 Å². The summed E-state index contributed by atoms with van der Waals surface area (Å²) in [7, 11) is 0. The summed E-state index contributed by atoms with van der Waals surface area (Å²) >= 11 is 0. The van der Waals surface area contributed by atoms with Gasteiger partial charge in [-0.1, -0.05) is 57.0 Å². The summed E-state index contributed by atoms with van der Waals surface area (Å²) in [4.78, 5) is 0. The molecule has 1 aliphatic rings. The average Bonchev–Trinajstić information content (AvgIpc) is 2.36. The van der Waals surface area contributed by atoms with E-state index in [4.69, 9.17) is 0 Å². The molecule has 0 saturated heterocycles. The lowest BCUT2D eigenvalue weighted by atomic mass is 9.78. The molecule has 3 unspecified atom stereocenters. The Morgan fingerprint density at radius 3 is 2.65 bits per heavy atom. The lowest BCUT2D eigenvalue weighted by Crippen LogP contribution is -2.41. The van der Waals surface area contributed by atoms with Gasteiger partial charge in [0.25, 0.3) is 0 Å². The maximum atomic E-state index is 3.75. The molecule has 0 bridgehead atoms. The summed E-state index contributed by atoms with van der Waals surface area (Å²) in [5, 5.41) is 3.75. The molecule has 0 heterocycles. The Bertz CT molecular complexity index is 320. The van der Waals surface area contributed by atoms with E-state index in [1.54, 1.807) is 0 Å². The molecule has 1 fully saturated rings. The summed E-state index contributed by atoms with van der Waals surface area (Å²) in [6.07, 6.45) is 5.32. The van der Waals surface area contributed by atoms with Crippen LogP contribution in [0.1, 0.15) is 38.7 Å². The minimum absolute atomic E-state index is 0.738. The third kappa shape index (κ3) is 3.57. The van der Waals surface area contributed by atoms with Crippen molar-refractivity contribution in [1.29, 1.82) is 0 Å². The van der Waals surface area contributed by atoms with Gasteiger partial charge in [-0.15, -0.1) is 0 Å². The normalized spacial score (nSPS) is 29.2. The van der Waals surface area contributed by atoms with Crippen LogP contribution in [0, 0.1) is 11.8 Å². The molecule has 0 amide bonds. The number of hydrogen-bond donors (Lipinski definition) is 1. The van der Waals surface area contributed by atoms with Crippen molar-refractivity contribution in [2.45, 2.75) is 45.6 Å². The van der Waals surface area contributed by atoms with Gasteiger partial charge < -0.3 is 5.32 Å². The van der Waals surface area contributed by atoms with Crippen molar-refractivity contribution >= 4 is 0 Å². The van der Waals surface area contributed by atoms with Gasteiger partial charge in [0.05, 0.1) is 0 Å². The number of nitrogens with one attached hydrogen (secondary N) is 1. The van der Waals surface area contributed by atoms with Gasteiger partial charge in [0.2, 0.25) is 0 Å². The van der Waals surface area contributed by atoms with Crippen molar-refractivity contribution in [1.82, 2.24) is 5.32 Å². The molecule has 1 aromatic rings. The molecule has 0 spiro atoms. The second-order valence-corrected chi connectivity index (χ2v) is 5.56. The van der Waals surface area contributed by atoms with Crippen LogP contribution < -0.4 is 5.32 Å². The Balaban J connectivity index is 1.75. The third-order valence-electron chi connectivity index (χ3n) is 4.37. The minimum Gasteiger partial charge on any atom is -0.313 e. The van der Waals surface area contributed by atoms with Crippen LogP contribution in [0.4, 0.5) is 0 Å². The molecule has 0 aromatic heterocycles. The number of rotatable bonds is 4. The second kappa shape index (κ2) is 6.20. The first-order chi connectivity index (χ1) is 8.27. The molecule has 1 saturated carbocycles. The molecule has 0 aliphatic heterocycles. The van der Waals surface area contributed by atoms with Gasteiger partial charge in [-0.05, 0) is 36.8 Å². The van der Waals surface area contributed by atoms with Gasteiger partial charge >= 0.3 is 0 Å². The molecular weight excluding hydrogens is 206 g/mol. The second-order valence-electron chi connectivity index (χ2n) is 5.56. The molecule has 1 N–H and O–H groups in total. The fraction of sp³-hybridized carbons (Fsp3) is 0.625. The van der Waals surface area contributed by atoms with Crippen LogP contribution in [0.25, 0.3) is 0 Å². The standard InChI is InChI=1S/C16H25N/c1-13-7-6-10-16(14(13)2)17-12-11-15-8-4-3-5-9-15/h3-5,8-9,13-14,16-17H,6-7,10-12H2,1-2H3. The molecule has 1 nitrogen and oxygen atoms in total. The lowest BCUT2D eigenvalue weighted by Gasteiger charge is -2.34. The zero-order valence-electron chi connectivity index (χ0n) is 11.2. The van der Waals surface area contributed by atoms with E-state index in [1.165, 1.54) is 24.8 Å². The Hall–Kier alpha value is -0.820. The zero-order chi connectivity index (χ0) is 12.1. The van der Waals surface area contributed by atoms with Crippen molar-refractivity contribution in [2.24, 2.45) is 11.8 Å². The van der Waals surface area contributed by atoms with Crippen molar-refractivity contribution in [3.05, 3.63) is 35.9 Å². The van der Waals surface area contributed by atoms with Crippen LogP contribution in [-0.2, 0) is 6.42 Å². The number of hydrogen-bond acceptors (Lipinski definition) is 1. The maximum absolute atomic E-state index is 3.75. The first kappa shape index (κ1) is 12.6. The highest BCUT2D eigenvalue weighted by Crippen LogP contribution is 2.29. The van der Waals surface area contributed by atoms with Crippen LogP contribution in [-0.4, -0.2) is 12.6 Å². The zero-order valence-corrected chi connectivity index (χ0v) is 11.2.